The number of halogens is 1. The molecule has 1 rings (SSSR count). The molecular formula is C6H7BrN2. The minimum Gasteiger partial charge on any atom is -0.314 e. The Hall–Kier alpha value is -0.410. The van der Waals surface area contributed by atoms with Gasteiger partial charge < -0.3 is 5.73 Å². The van der Waals surface area contributed by atoms with Gasteiger partial charge in [0.05, 0.1) is 5.69 Å². The van der Waals surface area contributed by atoms with Gasteiger partial charge >= 0.3 is 0 Å². The van der Waals surface area contributed by atoms with Crippen LogP contribution in [0.25, 0.3) is 0 Å². The van der Waals surface area contributed by atoms with Crippen LogP contribution in [0.4, 0.5) is 0 Å². The highest BCUT2D eigenvalue weighted by Crippen LogP contribution is 2.11. The molecule has 0 fully saturated rings. The summed E-state index contributed by atoms with van der Waals surface area (Å²) < 4.78 is 0. The Kier molecular flexibility index (Phi) is 2.19. The zero-order valence-corrected chi connectivity index (χ0v) is 6.38. The second-order valence-corrected chi connectivity index (χ2v) is 2.64. The van der Waals surface area contributed by atoms with Crippen LogP contribution in [0.1, 0.15) is 10.6 Å². The molecule has 0 aliphatic heterocycles. The van der Waals surface area contributed by atoms with Gasteiger partial charge in [0.1, 0.15) is 4.95 Å². The van der Waals surface area contributed by atoms with Crippen molar-refractivity contribution in [1.82, 2.24) is 4.98 Å². The first-order valence-corrected chi connectivity index (χ1v) is 3.53. The Morgan fingerprint density at radius 1 is 1.56 bits per heavy atom. The summed E-state index contributed by atoms with van der Waals surface area (Å²) in [6.07, 6.45) is 1.72. The molecule has 0 amide bonds. The highest BCUT2D eigenvalue weighted by atomic mass is 79.9. The van der Waals surface area contributed by atoms with Crippen LogP contribution in [-0.2, 0) is 0 Å². The molecule has 3 heteroatoms. The van der Waals surface area contributed by atoms with E-state index >= 15 is 0 Å². The molecule has 48 valence electrons. The monoisotopic (exact) mass is 186 g/mol. The van der Waals surface area contributed by atoms with Crippen molar-refractivity contribution in [2.24, 2.45) is 5.73 Å². The van der Waals surface area contributed by atoms with Gasteiger partial charge in [-0.1, -0.05) is 22.0 Å². The van der Waals surface area contributed by atoms with Crippen LogP contribution in [0.2, 0.25) is 0 Å². The number of hydrogen-bond acceptors (Lipinski definition) is 2. The van der Waals surface area contributed by atoms with E-state index in [1.54, 1.807) is 6.20 Å². The van der Waals surface area contributed by atoms with Crippen molar-refractivity contribution < 1.29 is 0 Å². The van der Waals surface area contributed by atoms with Crippen LogP contribution in [0.5, 0.6) is 0 Å². The fourth-order valence-corrected chi connectivity index (χ4v) is 0.810. The Bertz CT molecular complexity index is 174. The summed E-state index contributed by atoms with van der Waals surface area (Å²) in [5.41, 5.74) is 6.33. The smallest absolute Gasteiger partial charge is 0.103 e. The summed E-state index contributed by atoms with van der Waals surface area (Å²) >= 11 is 3.20. The summed E-state index contributed by atoms with van der Waals surface area (Å²) in [5.74, 6) is 0. The highest BCUT2D eigenvalue weighted by molar-refractivity contribution is 9.09. The summed E-state index contributed by atoms with van der Waals surface area (Å²) in [6, 6.07) is 5.64. The molecule has 1 aromatic heterocycles. The normalized spacial score (nSPS) is 13.1. The van der Waals surface area contributed by atoms with Crippen molar-refractivity contribution in [3.8, 4) is 0 Å². The predicted octanol–water partition coefficient (Wildman–Crippen LogP) is 1.43. The van der Waals surface area contributed by atoms with E-state index < -0.39 is 0 Å². The molecule has 1 heterocycles. The number of aromatic nitrogens is 1. The lowest BCUT2D eigenvalue weighted by atomic mass is 10.4. The molecule has 0 bridgehead atoms. The molecule has 0 aliphatic carbocycles. The Morgan fingerprint density at radius 2 is 2.33 bits per heavy atom. The van der Waals surface area contributed by atoms with Gasteiger partial charge in [-0.3, -0.25) is 4.98 Å². The zero-order valence-electron chi connectivity index (χ0n) is 4.79. The van der Waals surface area contributed by atoms with Crippen LogP contribution in [0.15, 0.2) is 24.4 Å². The van der Waals surface area contributed by atoms with Gasteiger partial charge in [0.25, 0.3) is 0 Å². The molecule has 2 nitrogen and oxygen atoms in total. The average molecular weight is 187 g/mol. The minimum atomic E-state index is -0.140. The van der Waals surface area contributed by atoms with Gasteiger partial charge in [-0.2, -0.15) is 0 Å². The van der Waals surface area contributed by atoms with E-state index in [0.717, 1.165) is 5.69 Å². The number of alkyl halides is 1. The lowest BCUT2D eigenvalue weighted by molar-refractivity contribution is 0.979. The maximum absolute atomic E-state index is 5.47. The molecule has 1 atom stereocenters. The summed E-state index contributed by atoms with van der Waals surface area (Å²) in [4.78, 5) is 3.87. The van der Waals surface area contributed by atoms with Crippen molar-refractivity contribution in [3.05, 3.63) is 30.1 Å². The van der Waals surface area contributed by atoms with E-state index in [9.17, 15) is 0 Å². The van der Waals surface area contributed by atoms with Crippen LogP contribution < -0.4 is 5.73 Å². The summed E-state index contributed by atoms with van der Waals surface area (Å²) in [5, 5.41) is 0. The molecule has 0 spiro atoms. The number of nitrogens with two attached hydrogens (primary N) is 1. The Morgan fingerprint density at radius 3 is 2.67 bits per heavy atom. The molecule has 0 radical (unpaired) electrons. The van der Waals surface area contributed by atoms with Gasteiger partial charge in [0, 0.05) is 6.20 Å². The number of hydrogen-bond donors (Lipinski definition) is 1. The first-order valence-electron chi connectivity index (χ1n) is 2.61. The van der Waals surface area contributed by atoms with E-state index in [1.807, 2.05) is 18.2 Å². The maximum Gasteiger partial charge on any atom is 0.103 e. The van der Waals surface area contributed by atoms with E-state index in [-0.39, 0.29) is 4.95 Å². The van der Waals surface area contributed by atoms with Gasteiger partial charge in [0.15, 0.2) is 0 Å². The molecule has 1 aromatic rings. The van der Waals surface area contributed by atoms with E-state index in [0.29, 0.717) is 0 Å². The maximum atomic E-state index is 5.47. The average Bonchev–Trinajstić information content (AvgIpc) is 1.90. The molecule has 0 saturated heterocycles. The first kappa shape index (κ1) is 6.71. The quantitative estimate of drug-likeness (QED) is 0.533. The van der Waals surface area contributed by atoms with Crippen molar-refractivity contribution in [2.45, 2.75) is 4.95 Å². The molecule has 0 aliphatic rings. The lowest BCUT2D eigenvalue weighted by Crippen LogP contribution is -2.02. The predicted molar refractivity (Wildman–Crippen MR) is 40.1 cm³/mol. The summed E-state index contributed by atoms with van der Waals surface area (Å²) in [7, 11) is 0. The van der Waals surface area contributed by atoms with Gasteiger partial charge in [-0.25, -0.2) is 0 Å². The highest BCUT2D eigenvalue weighted by Gasteiger charge is 1.97. The third kappa shape index (κ3) is 1.77. The van der Waals surface area contributed by atoms with E-state index in [4.69, 9.17) is 5.73 Å². The standard InChI is InChI=1S/C6H7BrN2/c7-6(8)5-3-1-2-4-9-5/h1-4,6H,8H2. The molecule has 0 aromatic carbocycles. The number of nitrogens with zero attached hydrogens (tertiary/aromatic N) is 1. The third-order valence-corrected chi connectivity index (χ3v) is 1.44. The fraction of sp³-hybridized carbons (Fsp3) is 0.167. The lowest BCUT2D eigenvalue weighted by Gasteiger charge is -1.98. The molecule has 1 unspecified atom stereocenters. The van der Waals surface area contributed by atoms with Gasteiger partial charge in [-0.05, 0) is 12.1 Å². The molecule has 9 heavy (non-hydrogen) atoms. The van der Waals surface area contributed by atoms with Crippen molar-refractivity contribution >= 4 is 15.9 Å². The van der Waals surface area contributed by atoms with Crippen molar-refractivity contribution in [1.29, 1.82) is 0 Å². The molecule has 2 N–H and O–H groups in total. The van der Waals surface area contributed by atoms with E-state index in [2.05, 4.69) is 20.9 Å². The molecule has 0 saturated carbocycles. The van der Waals surface area contributed by atoms with Crippen molar-refractivity contribution in [2.75, 3.05) is 0 Å². The largest absolute Gasteiger partial charge is 0.314 e. The topological polar surface area (TPSA) is 38.9 Å². The zero-order chi connectivity index (χ0) is 6.69. The second-order valence-electron chi connectivity index (χ2n) is 1.66. The van der Waals surface area contributed by atoms with Gasteiger partial charge in [0.2, 0.25) is 0 Å². The van der Waals surface area contributed by atoms with Gasteiger partial charge in [-0.15, -0.1) is 0 Å². The second kappa shape index (κ2) is 2.94. The van der Waals surface area contributed by atoms with E-state index in [1.165, 1.54) is 0 Å². The summed E-state index contributed by atoms with van der Waals surface area (Å²) in [6.45, 7) is 0. The third-order valence-electron chi connectivity index (χ3n) is 0.970. The SMILES string of the molecule is NC(Br)c1ccccn1. The Labute approximate surface area is 62.2 Å². The number of rotatable bonds is 1. The molecular weight excluding hydrogens is 180 g/mol. The minimum absolute atomic E-state index is 0.140. The van der Waals surface area contributed by atoms with Crippen LogP contribution in [0.3, 0.4) is 0 Å². The number of pyridine rings is 1. The van der Waals surface area contributed by atoms with Crippen molar-refractivity contribution in [3.63, 3.8) is 0 Å². The van der Waals surface area contributed by atoms with Crippen LogP contribution in [0, 0.1) is 0 Å². The first-order chi connectivity index (χ1) is 4.30. The Balaban J connectivity index is 2.85. The fourth-order valence-electron chi connectivity index (χ4n) is 0.539. The van der Waals surface area contributed by atoms with Crippen LogP contribution in [-0.4, -0.2) is 4.98 Å². The van der Waals surface area contributed by atoms with Crippen LogP contribution >= 0.6 is 15.9 Å².